The maximum Gasteiger partial charge on any atom is 0.228 e. The molecule has 0 aliphatic carbocycles. The number of halogens is 2. The van der Waals surface area contributed by atoms with Gasteiger partial charge in [-0.1, -0.05) is 47.5 Å². The molecule has 0 radical (unpaired) electrons. The average molecular weight is 310 g/mol. The summed E-state index contributed by atoms with van der Waals surface area (Å²) in [6.07, 6.45) is 0.0816. The highest BCUT2D eigenvalue weighted by molar-refractivity contribution is 6.36. The van der Waals surface area contributed by atoms with Crippen LogP contribution in [0.15, 0.2) is 42.5 Å². The van der Waals surface area contributed by atoms with Crippen LogP contribution < -0.4 is 5.32 Å². The number of hydrogen-bond donors (Lipinski definition) is 2. The number of carbonyl (C=O) groups is 1. The largest absolute Gasteiger partial charge is 0.392 e. The molecule has 0 aliphatic heterocycles. The van der Waals surface area contributed by atoms with Crippen molar-refractivity contribution in [2.75, 3.05) is 5.32 Å². The Morgan fingerprint density at radius 1 is 1.05 bits per heavy atom. The second kappa shape index (κ2) is 6.75. The Morgan fingerprint density at radius 2 is 1.70 bits per heavy atom. The minimum Gasteiger partial charge on any atom is -0.392 e. The number of rotatable bonds is 4. The molecule has 20 heavy (non-hydrogen) atoms. The van der Waals surface area contributed by atoms with Gasteiger partial charge in [-0.25, -0.2) is 0 Å². The van der Waals surface area contributed by atoms with E-state index in [-0.39, 0.29) is 18.9 Å². The molecule has 0 saturated heterocycles. The van der Waals surface area contributed by atoms with Crippen molar-refractivity contribution in [3.63, 3.8) is 0 Å². The number of aliphatic hydroxyl groups excluding tert-OH is 1. The zero-order valence-electron chi connectivity index (χ0n) is 10.6. The maximum absolute atomic E-state index is 12.0. The molecule has 0 saturated carbocycles. The van der Waals surface area contributed by atoms with E-state index in [1.807, 2.05) is 0 Å². The summed E-state index contributed by atoms with van der Waals surface area (Å²) >= 11 is 12.1. The summed E-state index contributed by atoms with van der Waals surface area (Å²) in [6, 6.07) is 12.2. The highest BCUT2D eigenvalue weighted by Gasteiger charge is 2.12. The van der Waals surface area contributed by atoms with E-state index in [4.69, 9.17) is 23.2 Å². The van der Waals surface area contributed by atoms with Gasteiger partial charge in [0, 0.05) is 21.3 Å². The van der Waals surface area contributed by atoms with E-state index in [9.17, 15) is 9.90 Å². The van der Waals surface area contributed by atoms with Crippen LogP contribution >= 0.6 is 23.2 Å². The van der Waals surface area contributed by atoms with Gasteiger partial charge in [0.05, 0.1) is 13.0 Å². The van der Waals surface area contributed by atoms with Crippen molar-refractivity contribution in [2.45, 2.75) is 13.0 Å². The molecule has 2 rings (SSSR count). The predicted molar refractivity (Wildman–Crippen MR) is 81.2 cm³/mol. The van der Waals surface area contributed by atoms with Crippen LogP contribution in [-0.2, 0) is 17.8 Å². The second-order valence-corrected chi connectivity index (χ2v) is 5.05. The molecule has 5 heteroatoms. The summed E-state index contributed by atoms with van der Waals surface area (Å²) in [6.45, 7) is -0.136. The minimum absolute atomic E-state index is 0.0816. The Labute approximate surface area is 127 Å². The van der Waals surface area contributed by atoms with Crippen molar-refractivity contribution < 1.29 is 9.90 Å². The number of benzene rings is 2. The molecule has 0 fully saturated rings. The second-order valence-electron chi connectivity index (χ2n) is 4.24. The third-order valence-corrected chi connectivity index (χ3v) is 3.57. The Hall–Kier alpha value is -1.55. The first-order valence-corrected chi connectivity index (χ1v) is 6.79. The van der Waals surface area contributed by atoms with E-state index in [2.05, 4.69) is 5.32 Å². The van der Waals surface area contributed by atoms with Crippen molar-refractivity contribution in [3.8, 4) is 0 Å². The molecular weight excluding hydrogens is 297 g/mol. The fourth-order valence-electron chi connectivity index (χ4n) is 1.84. The van der Waals surface area contributed by atoms with Crippen LogP contribution in [0.3, 0.4) is 0 Å². The van der Waals surface area contributed by atoms with E-state index in [0.29, 0.717) is 26.9 Å². The summed E-state index contributed by atoms with van der Waals surface area (Å²) in [5.41, 5.74) is 1.84. The van der Waals surface area contributed by atoms with Gasteiger partial charge in [0.15, 0.2) is 0 Å². The molecule has 0 spiro atoms. The molecule has 2 aromatic rings. The molecule has 2 aromatic carbocycles. The minimum atomic E-state index is -0.235. The smallest absolute Gasteiger partial charge is 0.228 e. The number of nitrogens with one attached hydrogen (secondary N) is 1. The lowest BCUT2D eigenvalue weighted by Gasteiger charge is -2.10. The third kappa shape index (κ3) is 3.51. The van der Waals surface area contributed by atoms with Gasteiger partial charge in [0.1, 0.15) is 0 Å². The van der Waals surface area contributed by atoms with E-state index in [0.717, 1.165) is 0 Å². The topological polar surface area (TPSA) is 49.3 Å². The number of hydrogen-bond acceptors (Lipinski definition) is 2. The number of aliphatic hydroxyl groups is 1. The van der Waals surface area contributed by atoms with Gasteiger partial charge in [-0.15, -0.1) is 0 Å². The molecule has 0 atom stereocenters. The van der Waals surface area contributed by atoms with Crippen LogP contribution in [0.2, 0.25) is 10.0 Å². The first-order valence-electron chi connectivity index (χ1n) is 6.03. The van der Waals surface area contributed by atoms with E-state index in [1.54, 1.807) is 42.5 Å². The molecule has 3 nitrogen and oxygen atoms in total. The molecule has 104 valence electrons. The third-order valence-electron chi connectivity index (χ3n) is 2.86. The number of carbonyl (C=O) groups excluding carboxylic acids is 1. The van der Waals surface area contributed by atoms with Crippen molar-refractivity contribution in [2.24, 2.45) is 0 Å². The summed E-state index contributed by atoms with van der Waals surface area (Å²) in [5, 5.41) is 12.9. The van der Waals surface area contributed by atoms with Gasteiger partial charge in [-0.05, 0) is 23.8 Å². The summed E-state index contributed by atoms with van der Waals surface area (Å²) in [5.74, 6) is -0.235. The van der Waals surface area contributed by atoms with Crippen molar-refractivity contribution >= 4 is 34.8 Å². The van der Waals surface area contributed by atoms with E-state index in [1.165, 1.54) is 0 Å². The standard InChI is InChI=1S/C15H13Cl2NO2/c16-12-5-3-6-13(17)11(12)8-15(20)18-14-7-2-1-4-10(14)9-19/h1-7,19H,8-9H2,(H,18,20). The van der Waals surface area contributed by atoms with Crippen LogP contribution in [0.25, 0.3) is 0 Å². The molecule has 2 N–H and O–H groups in total. The Balaban J connectivity index is 2.13. The van der Waals surface area contributed by atoms with Crippen LogP contribution in [0.4, 0.5) is 5.69 Å². The van der Waals surface area contributed by atoms with Crippen molar-refractivity contribution in [1.29, 1.82) is 0 Å². The fraction of sp³-hybridized carbons (Fsp3) is 0.133. The van der Waals surface area contributed by atoms with Gasteiger partial charge in [-0.3, -0.25) is 4.79 Å². The lowest BCUT2D eigenvalue weighted by molar-refractivity contribution is -0.115. The molecule has 0 bridgehead atoms. The lowest BCUT2D eigenvalue weighted by Crippen LogP contribution is -2.16. The Bertz CT molecular complexity index is 609. The normalized spacial score (nSPS) is 10.3. The molecule has 0 aliphatic rings. The molecular formula is C15H13Cl2NO2. The highest BCUT2D eigenvalue weighted by Crippen LogP contribution is 2.25. The van der Waals surface area contributed by atoms with Crippen LogP contribution in [0.5, 0.6) is 0 Å². The number of amides is 1. The molecule has 0 aromatic heterocycles. The SMILES string of the molecule is O=C(Cc1c(Cl)cccc1Cl)Nc1ccccc1CO. The fourth-order valence-corrected chi connectivity index (χ4v) is 2.37. The first-order chi connectivity index (χ1) is 9.61. The molecule has 0 heterocycles. The summed E-state index contributed by atoms with van der Waals surface area (Å²) < 4.78 is 0. The quantitative estimate of drug-likeness (QED) is 0.905. The first kappa shape index (κ1) is 14.9. The molecule has 0 unspecified atom stereocenters. The average Bonchev–Trinajstić information content (AvgIpc) is 2.44. The van der Waals surface area contributed by atoms with Crippen LogP contribution in [0.1, 0.15) is 11.1 Å². The predicted octanol–water partition coefficient (Wildman–Crippen LogP) is 3.67. The Morgan fingerprint density at radius 3 is 2.35 bits per heavy atom. The van der Waals surface area contributed by atoms with Gasteiger partial charge < -0.3 is 10.4 Å². The maximum atomic E-state index is 12.0. The van der Waals surface area contributed by atoms with Gasteiger partial charge >= 0.3 is 0 Å². The highest BCUT2D eigenvalue weighted by atomic mass is 35.5. The van der Waals surface area contributed by atoms with Gasteiger partial charge in [0.2, 0.25) is 5.91 Å². The van der Waals surface area contributed by atoms with Crippen molar-refractivity contribution in [1.82, 2.24) is 0 Å². The monoisotopic (exact) mass is 309 g/mol. The van der Waals surface area contributed by atoms with Gasteiger partial charge in [0.25, 0.3) is 0 Å². The molecule has 1 amide bonds. The Kier molecular flexibility index (Phi) is 5.01. The lowest BCUT2D eigenvalue weighted by atomic mass is 10.1. The summed E-state index contributed by atoms with van der Waals surface area (Å²) in [7, 11) is 0. The zero-order valence-corrected chi connectivity index (χ0v) is 12.1. The van der Waals surface area contributed by atoms with Crippen molar-refractivity contribution in [3.05, 3.63) is 63.6 Å². The van der Waals surface area contributed by atoms with E-state index < -0.39 is 0 Å². The summed E-state index contributed by atoms with van der Waals surface area (Å²) in [4.78, 5) is 12.0. The number of para-hydroxylation sites is 1. The van der Waals surface area contributed by atoms with E-state index >= 15 is 0 Å². The van der Waals surface area contributed by atoms with Gasteiger partial charge in [-0.2, -0.15) is 0 Å². The van der Waals surface area contributed by atoms with Crippen LogP contribution in [-0.4, -0.2) is 11.0 Å². The zero-order chi connectivity index (χ0) is 14.5. The number of anilines is 1. The van der Waals surface area contributed by atoms with Crippen LogP contribution in [0, 0.1) is 0 Å².